The predicted molar refractivity (Wildman–Crippen MR) is 117 cm³/mol. The zero-order valence-corrected chi connectivity index (χ0v) is 17.0. The summed E-state index contributed by atoms with van der Waals surface area (Å²) in [5.74, 6) is -1.78. The van der Waals surface area contributed by atoms with Crippen LogP contribution in [0.5, 0.6) is 0 Å². The molecular formula is C23H23BrP+. The Balaban J connectivity index is 2.02. The maximum absolute atomic E-state index is 4.20. The zero-order chi connectivity index (χ0) is 17.5. The molecule has 0 aromatic heterocycles. The van der Waals surface area contributed by atoms with Gasteiger partial charge in [-0.15, -0.1) is 0 Å². The monoisotopic (exact) mass is 409 g/mol. The lowest BCUT2D eigenvalue weighted by Gasteiger charge is -2.20. The molecule has 0 aliphatic heterocycles. The first-order valence-electron chi connectivity index (χ1n) is 8.69. The lowest BCUT2D eigenvalue weighted by atomic mass is 10.1. The lowest BCUT2D eigenvalue weighted by Crippen LogP contribution is -2.26. The molecule has 3 rings (SSSR count). The molecule has 0 aliphatic rings. The third-order valence-electron chi connectivity index (χ3n) is 4.27. The fourth-order valence-electron chi connectivity index (χ4n) is 2.94. The van der Waals surface area contributed by atoms with Gasteiger partial charge in [0, 0.05) is 0 Å². The van der Waals surface area contributed by atoms with E-state index >= 15 is 0 Å². The molecule has 126 valence electrons. The van der Waals surface area contributed by atoms with Gasteiger partial charge >= 0.3 is 0 Å². The lowest BCUT2D eigenvalue weighted by molar-refractivity contribution is 1.18. The van der Waals surface area contributed by atoms with Crippen molar-refractivity contribution >= 4 is 37.4 Å². The summed E-state index contributed by atoms with van der Waals surface area (Å²) in [4.78, 5) is 0. The minimum atomic E-state index is -1.78. The molecule has 3 aromatic rings. The Labute approximate surface area is 159 Å². The van der Waals surface area contributed by atoms with Crippen LogP contribution in [-0.2, 0) is 6.42 Å². The molecule has 0 bridgehead atoms. The van der Waals surface area contributed by atoms with Gasteiger partial charge in [0.2, 0.25) is 0 Å². The Morgan fingerprint density at radius 3 is 1.64 bits per heavy atom. The molecule has 25 heavy (non-hydrogen) atoms. The Kier molecular flexibility index (Phi) is 6.24. The summed E-state index contributed by atoms with van der Waals surface area (Å²) in [5, 5.41) is 4.05. The van der Waals surface area contributed by atoms with Crippen molar-refractivity contribution in [1.82, 2.24) is 0 Å². The second kappa shape index (κ2) is 8.61. The van der Waals surface area contributed by atoms with Crippen LogP contribution in [0.4, 0.5) is 0 Å². The molecule has 0 aliphatic carbocycles. The van der Waals surface area contributed by atoms with E-state index in [1.54, 1.807) is 0 Å². The summed E-state index contributed by atoms with van der Waals surface area (Å²) < 4.78 is 0. The van der Waals surface area contributed by atoms with Crippen LogP contribution in [0, 0.1) is 0 Å². The fourth-order valence-corrected chi connectivity index (χ4v) is 7.69. The van der Waals surface area contributed by atoms with E-state index in [1.807, 2.05) is 0 Å². The van der Waals surface area contributed by atoms with Crippen LogP contribution in [0.1, 0.15) is 18.9 Å². The number of hydrogen-bond acceptors (Lipinski definition) is 0. The van der Waals surface area contributed by atoms with Crippen LogP contribution < -0.4 is 15.9 Å². The Morgan fingerprint density at radius 2 is 1.16 bits per heavy atom. The molecule has 0 saturated heterocycles. The van der Waals surface area contributed by atoms with Crippen molar-refractivity contribution in [1.29, 1.82) is 0 Å². The smallest absolute Gasteiger partial charge is 0.0885 e. The highest BCUT2D eigenvalue weighted by Crippen LogP contribution is 2.62. The average Bonchev–Trinajstić information content (AvgIpc) is 2.69. The van der Waals surface area contributed by atoms with Crippen molar-refractivity contribution < 1.29 is 0 Å². The second-order valence-electron chi connectivity index (χ2n) is 6.01. The highest BCUT2D eigenvalue weighted by molar-refractivity contribution is 9.44. The van der Waals surface area contributed by atoms with E-state index in [2.05, 4.69) is 119 Å². The van der Waals surface area contributed by atoms with Gasteiger partial charge in [-0.2, -0.15) is 0 Å². The molecule has 0 fully saturated rings. The quantitative estimate of drug-likeness (QED) is 0.356. The number of halogens is 1. The van der Waals surface area contributed by atoms with Crippen molar-refractivity contribution in [2.75, 3.05) is 0 Å². The Bertz CT molecular complexity index is 768. The van der Waals surface area contributed by atoms with Gasteiger partial charge in [-0.25, -0.2) is 0 Å². The van der Waals surface area contributed by atoms with E-state index in [1.165, 1.54) is 21.5 Å². The van der Waals surface area contributed by atoms with Gasteiger partial charge in [-0.3, -0.25) is 0 Å². The third-order valence-corrected chi connectivity index (χ3v) is 11.0. The van der Waals surface area contributed by atoms with Crippen molar-refractivity contribution in [3.63, 3.8) is 0 Å². The molecule has 0 spiro atoms. The van der Waals surface area contributed by atoms with Crippen LogP contribution in [-0.4, -0.2) is 0 Å². The summed E-state index contributed by atoms with van der Waals surface area (Å²) >= 11 is 4.20. The third kappa shape index (κ3) is 4.11. The molecule has 0 heterocycles. The molecular weight excluding hydrogens is 387 g/mol. The molecule has 0 radical (unpaired) electrons. The maximum Gasteiger partial charge on any atom is 0.181 e. The number of rotatable bonds is 6. The van der Waals surface area contributed by atoms with Gasteiger partial charge in [0.1, 0.15) is 15.9 Å². The van der Waals surface area contributed by atoms with Crippen molar-refractivity contribution in [2.24, 2.45) is 0 Å². The molecule has 0 N–H and O–H groups in total. The van der Waals surface area contributed by atoms with E-state index in [9.17, 15) is 0 Å². The van der Waals surface area contributed by atoms with Crippen LogP contribution >= 0.6 is 21.5 Å². The molecule has 2 heteroatoms. The molecule has 3 aromatic carbocycles. The first kappa shape index (κ1) is 18.1. The number of allylic oxidation sites excluding steroid dienone is 2. The highest BCUT2D eigenvalue weighted by Gasteiger charge is 2.43. The normalized spacial score (nSPS) is 11.8. The summed E-state index contributed by atoms with van der Waals surface area (Å²) in [6, 6.07) is 30.7. The van der Waals surface area contributed by atoms with Crippen LogP contribution in [0.2, 0.25) is 0 Å². The van der Waals surface area contributed by atoms with Crippen LogP contribution in [0.3, 0.4) is 0 Å². The van der Waals surface area contributed by atoms with E-state index in [4.69, 9.17) is 0 Å². The van der Waals surface area contributed by atoms with Gasteiger partial charge < -0.3 is 0 Å². The molecule has 0 atom stereocenters. The Hall–Kier alpha value is -1.69. The summed E-state index contributed by atoms with van der Waals surface area (Å²) in [6.45, 7) is 2.17. The molecule has 0 nitrogen and oxygen atoms in total. The Morgan fingerprint density at radius 1 is 0.680 bits per heavy atom. The highest BCUT2D eigenvalue weighted by atomic mass is 79.9. The fraction of sp³-hybridized carbons (Fsp3) is 0.130. The zero-order valence-electron chi connectivity index (χ0n) is 14.5. The average molecular weight is 410 g/mol. The second-order valence-corrected chi connectivity index (χ2v) is 11.9. The van der Waals surface area contributed by atoms with Crippen molar-refractivity contribution in [2.45, 2.75) is 19.8 Å². The maximum atomic E-state index is 4.20. The standard InChI is InChI=1S/C23H23BrP/c1-2-3-6-11-20-16-18-23(19-17-20)25(24,21-12-7-4-8-13-21)22-14-9-5-10-15-22/h3-10,12-19H,2,11H2,1H3/q+1/b6-3-. The molecule has 0 unspecified atom stereocenters. The number of benzene rings is 3. The van der Waals surface area contributed by atoms with E-state index in [-0.39, 0.29) is 0 Å². The SMILES string of the molecule is CC/C=C\Cc1ccc([P+](Br)(c2ccccc2)c2ccccc2)cc1. The minimum Gasteiger partial charge on any atom is -0.0885 e. The van der Waals surface area contributed by atoms with Gasteiger partial charge in [-0.1, -0.05) is 67.6 Å². The molecule has 0 saturated carbocycles. The topological polar surface area (TPSA) is 0 Å². The van der Waals surface area contributed by atoms with Crippen molar-refractivity contribution in [3.8, 4) is 0 Å². The van der Waals surface area contributed by atoms with Gasteiger partial charge in [0.05, 0.1) is 0 Å². The first-order valence-corrected chi connectivity index (χ1v) is 12.5. The summed E-state index contributed by atoms with van der Waals surface area (Å²) in [5.41, 5.74) is 1.36. The van der Waals surface area contributed by atoms with Crippen molar-refractivity contribution in [3.05, 3.63) is 103 Å². The van der Waals surface area contributed by atoms with Gasteiger partial charge in [0.25, 0.3) is 0 Å². The first-order chi connectivity index (χ1) is 12.2. The molecule has 0 amide bonds. The van der Waals surface area contributed by atoms with E-state index in [0.717, 1.165) is 12.8 Å². The van der Waals surface area contributed by atoms with Gasteiger partial charge in [-0.05, 0) is 54.8 Å². The largest absolute Gasteiger partial charge is 0.181 e. The van der Waals surface area contributed by atoms with E-state index in [0.29, 0.717) is 0 Å². The van der Waals surface area contributed by atoms with E-state index < -0.39 is 5.96 Å². The minimum absolute atomic E-state index is 0.999. The predicted octanol–water partition coefficient (Wildman–Crippen LogP) is 5.80. The van der Waals surface area contributed by atoms with Gasteiger partial charge in [0.15, 0.2) is 21.5 Å². The summed E-state index contributed by atoms with van der Waals surface area (Å²) in [7, 11) is 0. The summed E-state index contributed by atoms with van der Waals surface area (Å²) in [6.07, 6.45) is 6.57. The van der Waals surface area contributed by atoms with Crippen LogP contribution in [0.25, 0.3) is 0 Å². The number of hydrogen-bond donors (Lipinski definition) is 0. The van der Waals surface area contributed by atoms with Crippen LogP contribution in [0.15, 0.2) is 97.1 Å².